The number of rotatable bonds is 2. The number of hydrogen-bond acceptors (Lipinski definition) is 3. The minimum atomic E-state index is -0.293. The summed E-state index contributed by atoms with van der Waals surface area (Å²) in [4.78, 5) is 15.6. The Labute approximate surface area is 81.4 Å². The molecule has 2 heterocycles. The Kier molecular flexibility index (Phi) is 2.31. The Morgan fingerprint density at radius 3 is 3.14 bits per heavy atom. The molecule has 2 aromatic heterocycles. The molecule has 72 valence electrons. The predicted molar refractivity (Wildman–Crippen MR) is 54.3 cm³/mol. The second-order valence-corrected chi connectivity index (χ2v) is 3.19. The Bertz CT molecular complexity index is 502. The second kappa shape index (κ2) is 3.62. The largest absolute Gasteiger partial charge is 0.427 e. The maximum Gasteiger partial charge on any atom is 0.345 e. The molecule has 0 fully saturated rings. The van der Waals surface area contributed by atoms with Crippen molar-refractivity contribution in [2.75, 3.05) is 0 Å². The van der Waals surface area contributed by atoms with Crippen molar-refractivity contribution in [3.8, 4) is 0 Å². The standard InChI is InChI=1S/C11H11NO2/c1-2-4-8-7-10-9(11(13)14-8)5-3-6-12-10/h3,5-7H,2,4H2,1H3. The summed E-state index contributed by atoms with van der Waals surface area (Å²) in [7, 11) is 0. The molecule has 3 nitrogen and oxygen atoms in total. The van der Waals surface area contributed by atoms with E-state index in [-0.39, 0.29) is 5.63 Å². The Hall–Kier alpha value is -1.64. The van der Waals surface area contributed by atoms with Gasteiger partial charge in [-0.25, -0.2) is 4.79 Å². The van der Waals surface area contributed by atoms with E-state index in [1.54, 1.807) is 18.3 Å². The lowest BCUT2D eigenvalue weighted by molar-refractivity contribution is 0.464. The van der Waals surface area contributed by atoms with Crippen LogP contribution in [0.1, 0.15) is 19.1 Å². The van der Waals surface area contributed by atoms with Crippen LogP contribution in [0.4, 0.5) is 0 Å². The molecule has 0 amide bonds. The lowest BCUT2D eigenvalue weighted by Gasteiger charge is -1.98. The molecule has 0 atom stereocenters. The second-order valence-electron chi connectivity index (χ2n) is 3.19. The quantitative estimate of drug-likeness (QED) is 0.726. The molecule has 14 heavy (non-hydrogen) atoms. The van der Waals surface area contributed by atoms with Gasteiger partial charge in [0, 0.05) is 18.7 Å². The van der Waals surface area contributed by atoms with Crippen LogP contribution in [-0.4, -0.2) is 4.98 Å². The first-order valence-electron chi connectivity index (χ1n) is 4.69. The van der Waals surface area contributed by atoms with Crippen molar-refractivity contribution >= 4 is 10.9 Å². The number of pyridine rings is 1. The van der Waals surface area contributed by atoms with Crippen LogP contribution in [0.25, 0.3) is 10.9 Å². The van der Waals surface area contributed by atoms with Crippen molar-refractivity contribution in [2.24, 2.45) is 0 Å². The van der Waals surface area contributed by atoms with Crippen LogP contribution < -0.4 is 5.63 Å². The first-order chi connectivity index (χ1) is 6.81. The van der Waals surface area contributed by atoms with Gasteiger partial charge in [-0.1, -0.05) is 6.92 Å². The monoisotopic (exact) mass is 189 g/mol. The van der Waals surface area contributed by atoms with E-state index >= 15 is 0 Å². The van der Waals surface area contributed by atoms with E-state index in [4.69, 9.17) is 4.42 Å². The Morgan fingerprint density at radius 1 is 1.50 bits per heavy atom. The van der Waals surface area contributed by atoms with Crippen molar-refractivity contribution in [2.45, 2.75) is 19.8 Å². The summed E-state index contributed by atoms with van der Waals surface area (Å²) in [5.74, 6) is 0.712. The summed E-state index contributed by atoms with van der Waals surface area (Å²) >= 11 is 0. The summed E-state index contributed by atoms with van der Waals surface area (Å²) in [5, 5.41) is 0.548. The highest BCUT2D eigenvalue weighted by atomic mass is 16.4. The predicted octanol–water partition coefficient (Wildman–Crippen LogP) is 2.14. The molecule has 0 spiro atoms. The van der Waals surface area contributed by atoms with Crippen LogP contribution in [0.15, 0.2) is 33.6 Å². The third-order valence-electron chi connectivity index (χ3n) is 2.08. The minimum Gasteiger partial charge on any atom is -0.427 e. The Morgan fingerprint density at radius 2 is 2.36 bits per heavy atom. The van der Waals surface area contributed by atoms with Gasteiger partial charge >= 0.3 is 5.63 Å². The van der Waals surface area contributed by atoms with Crippen LogP contribution in [0.3, 0.4) is 0 Å². The number of aryl methyl sites for hydroxylation is 1. The fourth-order valence-corrected chi connectivity index (χ4v) is 1.43. The van der Waals surface area contributed by atoms with Gasteiger partial charge in [-0.05, 0) is 18.6 Å². The van der Waals surface area contributed by atoms with Gasteiger partial charge < -0.3 is 4.42 Å². The van der Waals surface area contributed by atoms with Crippen LogP contribution >= 0.6 is 0 Å². The molecule has 2 rings (SSSR count). The molecular formula is C11H11NO2. The average molecular weight is 189 g/mol. The zero-order valence-electron chi connectivity index (χ0n) is 7.99. The molecule has 0 saturated heterocycles. The lowest BCUT2D eigenvalue weighted by atomic mass is 10.2. The smallest absolute Gasteiger partial charge is 0.345 e. The summed E-state index contributed by atoms with van der Waals surface area (Å²) in [6, 6.07) is 5.29. The van der Waals surface area contributed by atoms with E-state index in [2.05, 4.69) is 4.98 Å². The van der Waals surface area contributed by atoms with Crippen LogP contribution in [0, 0.1) is 0 Å². The summed E-state index contributed by atoms with van der Waals surface area (Å²) in [6.07, 6.45) is 3.42. The molecule has 3 heteroatoms. The van der Waals surface area contributed by atoms with E-state index in [9.17, 15) is 4.79 Å². The average Bonchev–Trinajstić information content (AvgIpc) is 2.18. The molecule has 0 saturated carbocycles. The molecule has 0 aromatic carbocycles. The molecule has 0 bridgehead atoms. The van der Waals surface area contributed by atoms with E-state index in [0.717, 1.165) is 12.8 Å². The molecule has 0 aliphatic carbocycles. The maximum absolute atomic E-state index is 11.5. The van der Waals surface area contributed by atoms with Crippen LogP contribution in [0.5, 0.6) is 0 Å². The highest BCUT2D eigenvalue weighted by Crippen LogP contribution is 2.09. The number of aromatic nitrogens is 1. The molecule has 0 N–H and O–H groups in total. The van der Waals surface area contributed by atoms with Gasteiger partial charge in [-0.2, -0.15) is 0 Å². The topological polar surface area (TPSA) is 43.1 Å². The fourth-order valence-electron chi connectivity index (χ4n) is 1.43. The van der Waals surface area contributed by atoms with E-state index < -0.39 is 0 Å². The van der Waals surface area contributed by atoms with Crippen molar-refractivity contribution < 1.29 is 4.42 Å². The normalized spacial score (nSPS) is 10.6. The van der Waals surface area contributed by atoms with Crippen molar-refractivity contribution in [1.29, 1.82) is 0 Å². The third kappa shape index (κ3) is 1.53. The lowest BCUT2D eigenvalue weighted by Crippen LogP contribution is -2.02. The first-order valence-corrected chi connectivity index (χ1v) is 4.69. The number of hydrogen-bond donors (Lipinski definition) is 0. The molecule has 2 aromatic rings. The van der Waals surface area contributed by atoms with Crippen molar-refractivity contribution in [1.82, 2.24) is 4.98 Å². The Balaban J connectivity index is 2.66. The van der Waals surface area contributed by atoms with Gasteiger partial charge in [0.05, 0.1) is 10.9 Å². The third-order valence-corrected chi connectivity index (χ3v) is 2.08. The van der Waals surface area contributed by atoms with Crippen LogP contribution in [-0.2, 0) is 6.42 Å². The highest BCUT2D eigenvalue weighted by Gasteiger charge is 2.03. The number of nitrogens with zero attached hydrogens (tertiary/aromatic N) is 1. The van der Waals surface area contributed by atoms with E-state index in [1.807, 2.05) is 13.0 Å². The SMILES string of the molecule is CCCc1cc2ncccc2c(=O)o1. The van der Waals surface area contributed by atoms with E-state index in [1.165, 1.54) is 0 Å². The molecule has 0 unspecified atom stereocenters. The van der Waals surface area contributed by atoms with Gasteiger partial charge in [0.1, 0.15) is 5.76 Å². The zero-order chi connectivity index (χ0) is 9.97. The highest BCUT2D eigenvalue weighted by molar-refractivity contribution is 5.76. The van der Waals surface area contributed by atoms with Gasteiger partial charge in [-0.3, -0.25) is 4.98 Å². The summed E-state index contributed by atoms with van der Waals surface area (Å²) in [5.41, 5.74) is 0.422. The summed E-state index contributed by atoms with van der Waals surface area (Å²) in [6.45, 7) is 2.04. The molecular weight excluding hydrogens is 178 g/mol. The molecule has 0 radical (unpaired) electrons. The van der Waals surface area contributed by atoms with Gasteiger partial charge in [-0.15, -0.1) is 0 Å². The van der Waals surface area contributed by atoms with Gasteiger partial charge in [0.15, 0.2) is 0 Å². The first kappa shape index (κ1) is 8.94. The van der Waals surface area contributed by atoms with Crippen molar-refractivity contribution in [3.05, 3.63) is 40.6 Å². The fraction of sp³-hybridized carbons (Fsp3) is 0.273. The summed E-state index contributed by atoms with van der Waals surface area (Å²) < 4.78 is 5.14. The molecule has 0 aliphatic rings. The maximum atomic E-state index is 11.5. The van der Waals surface area contributed by atoms with Crippen LogP contribution in [0.2, 0.25) is 0 Å². The number of fused-ring (bicyclic) bond motifs is 1. The van der Waals surface area contributed by atoms with Crippen molar-refractivity contribution in [3.63, 3.8) is 0 Å². The van der Waals surface area contributed by atoms with Gasteiger partial charge in [0.2, 0.25) is 0 Å². The van der Waals surface area contributed by atoms with E-state index in [0.29, 0.717) is 16.7 Å². The molecule has 0 aliphatic heterocycles. The van der Waals surface area contributed by atoms with Gasteiger partial charge in [0.25, 0.3) is 0 Å². The zero-order valence-corrected chi connectivity index (χ0v) is 7.99. The minimum absolute atomic E-state index is 0.293.